The minimum absolute atomic E-state index is 0.146. The third kappa shape index (κ3) is 4.63. The van der Waals surface area contributed by atoms with E-state index in [4.69, 9.17) is 9.47 Å². The lowest BCUT2D eigenvalue weighted by atomic mass is 10.0. The molecule has 0 spiro atoms. The van der Waals surface area contributed by atoms with Crippen LogP contribution in [0.5, 0.6) is 11.5 Å². The number of rotatable bonds is 6. The smallest absolute Gasteiger partial charge is 0.317 e. The van der Waals surface area contributed by atoms with Gasteiger partial charge < -0.3 is 19.7 Å². The summed E-state index contributed by atoms with van der Waals surface area (Å²) in [5.74, 6) is 1.33. The van der Waals surface area contributed by atoms with Crippen molar-refractivity contribution in [3.05, 3.63) is 39.3 Å². The van der Waals surface area contributed by atoms with Crippen LogP contribution in [-0.4, -0.2) is 37.2 Å². The average molecular weight is 363 g/mol. The predicted molar refractivity (Wildman–Crippen MR) is 99.5 cm³/mol. The Morgan fingerprint density at radius 2 is 1.92 bits per heavy atom. The Bertz CT molecular complexity index is 745. The Morgan fingerprint density at radius 3 is 2.48 bits per heavy atom. The van der Waals surface area contributed by atoms with E-state index in [-0.39, 0.29) is 12.1 Å². The van der Waals surface area contributed by atoms with Crippen LogP contribution in [0.4, 0.5) is 4.79 Å². The molecular weight excluding hydrogens is 338 g/mol. The van der Waals surface area contributed by atoms with Crippen LogP contribution in [0.15, 0.2) is 17.5 Å². The van der Waals surface area contributed by atoms with Crippen LogP contribution in [0.2, 0.25) is 0 Å². The molecule has 0 aliphatic carbocycles. The van der Waals surface area contributed by atoms with Crippen LogP contribution in [0.1, 0.15) is 34.8 Å². The molecule has 25 heavy (non-hydrogen) atoms. The van der Waals surface area contributed by atoms with Crippen molar-refractivity contribution in [2.24, 2.45) is 0 Å². The number of nitrogens with one attached hydrogen (secondary N) is 1. The molecule has 1 aromatic carbocycles. The van der Waals surface area contributed by atoms with Gasteiger partial charge in [-0.2, -0.15) is 0 Å². The summed E-state index contributed by atoms with van der Waals surface area (Å²) in [6, 6.07) is 3.51. The van der Waals surface area contributed by atoms with Gasteiger partial charge in [0, 0.05) is 12.4 Å². The summed E-state index contributed by atoms with van der Waals surface area (Å²) in [5, 5.41) is 5.99. The van der Waals surface area contributed by atoms with E-state index in [1.807, 2.05) is 38.3 Å². The second-order valence-corrected chi connectivity index (χ2v) is 7.01. The van der Waals surface area contributed by atoms with Crippen LogP contribution in [0, 0.1) is 13.8 Å². The molecule has 7 heteroatoms. The SMILES string of the molecule is COc1cc(C)c(C(C)NC(=O)N(C)Cc2csc(C)n2)cc1OC. The molecule has 0 fully saturated rings. The van der Waals surface area contributed by atoms with Crippen LogP contribution in [0.3, 0.4) is 0 Å². The number of amides is 2. The van der Waals surface area contributed by atoms with Gasteiger partial charge in [-0.3, -0.25) is 0 Å². The van der Waals surface area contributed by atoms with E-state index in [1.54, 1.807) is 37.5 Å². The van der Waals surface area contributed by atoms with Crippen molar-refractivity contribution in [2.45, 2.75) is 33.4 Å². The molecule has 2 rings (SSSR count). The first-order chi connectivity index (χ1) is 11.8. The summed E-state index contributed by atoms with van der Waals surface area (Å²) in [5.41, 5.74) is 2.92. The summed E-state index contributed by atoms with van der Waals surface area (Å²) in [6.07, 6.45) is 0. The third-order valence-electron chi connectivity index (χ3n) is 3.99. The molecule has 0 aliphatic heterocycles. The monoisotopic (exact) mass is 363 g/mol. The van der Waals surface area contributed by atoms with Crippen molar-refractivity contribution in [1.82, 2.24) is 15.2 Å². The van der Waals surface area contributed by atoms with E-state index in [9.17, 15) is 4.79 Å². The van der Waals surface area contributed by atoms with Crippen molar-refractivity contribution in [1.29, 1.82) is 0 Å². The lowest BCUT2D eigenvalue weighted by Gasteiger charge is -2.23. The first-order valence-electron chi connectivity index (χ1n) is 8.00. The van der Waals surface area contributed by atoms with Crippen molar-refractivity contribution in [2.75, 3.05) is 21.3 Å². The van der Waals surface area contributed by atoms with Gasteiger partial charge in [0.15, 0.2) is 11.5 Å². The zero-order chi connectivity index (χ0) is 18.6. The fourth-order valence-electron chi connectivity index (χ4n) is 2.63. The Hall–Kier alpha value is -2.28. The highest BCUT2D eigenvalue weighted by atomic mass is 32.1. The topological polar surface area (TPSA) is 63.7 Å². The van der Waals surface area contributed by atoms with Crippen molar-refractivity contribution < 1.29 is 14.3 Å². The lowest BCUT2D eigenvalue weighted by molar-refractivity contribution is 0.203. The van der Waals surface area contributed by atoms with E-state index < -0.39 is 0 Å². The number of nitrogens with zero attached hydrogens (tertiary/aromatic N) is 2. The molecule has 0 saturated carbocycles. The van der Waals surface area contributed by atoms with Crippen LogP contribution in [0.25, 0.3) is 0 Å². The number of carbonyl (C=O) groups is 1. The molecule has 6 nitrogen and oxygen atoms in total. The number of thiazole rings is 1. The number of aryl methyl sites for hydroxylation is 2. The highest BCUT2D eigenvalue weighted by Crippen LogP contribution is 2.32. The van der Waals surface area contributed by atoms with E-state index in [2.05, 4.69) is 10.3 Å². The molecular formula is C18H25N3O3S. The maximum Gasteiger partial charge on any atom is 0.317 e. The Labute approximate surface area is 152 Å². The highest BCUT2D eigenvalue weighted by molar-refractivity contribution is 7.09. The van der Waals surface area contributed by atoms with E-state index in [0.29, 0.717) is 18.0 Å². The predicted octanol–water partition coefficient (Wildman–Crippen LogP) is 3.68. The van der Waals surface area contributed by atoms with Gasteiger partial charge in [-0.05, 0) is 44.0 Å². The second kappa shape index (κ2) is 8.20. The average Bonchev–Trinajstić information content (AvgIpc) is 2.98. The fraction of sp³-hybridized carbons (Fsp3) is 0.444. The van der Waals surface area contributed by atoms with Crippen LogP contribution >= 0.6 is 11.3 Å². The zero-order valence-electron chi connectivity index (χ0n) is 15.5. The lowest BCUT2D eigenvalue weighted by Crippen LogP contribution is -2.38. The number of ether oxygens (including phenoxy) is 2. The molecule has 0 aliphatic rings. The van der Waals surface area contributed by atoms with Crippen LogP contribution in [-0.2, 0) is 6.54 Å². The summed E-state index contributed by atoms with van der Waals surface area (Å²) >= 11 is 1.58. The number of methoxy groups -OCH3 is 2. The standard InChI is InChI=1S/C18H25N3O3S/c1-11-7-16(23-5)17(24-6)8-15(11)12(2)19-18(22)21(4)9-14-10-25-13(3)20-14/h7-8,10,12H,9H2,1-6H3,(H,19,22). The zero-order valence-corrected chi connectivity index (χ0v) is 16.4. The van der Waals surface area contributed by atoms with Crippen LogP contribution < -0.4 is 14.8 Å². The second-order valence-electron chi connectivity index (χ2n) is 5.95. The quantitative estimate of drug-likeness (QED) is 0.850. The molecule has 1 heterocycles. The number of hydrogen-bond acceptors (Lipinski definition) is 5. The molecule has 136 valence electrons. The minimum Gasteiger partial charge on any atom is -0.493 e. The van der Waals surface area contributed by atoms with Gasteiger partial charge in [-0.1, -0.05) is 0 Å². The molecule has 0 saturated heterocycles. The van der Waals surface area contributed by atoms with Gasteiger partial charge in [0.25, 0.3) is 0 Å². The van der Waals surface area contributed by atoms with E-state index in [1.165, 1.54) is 0 Å². The largest absolute Gasteiger partial charge is 0.493 e. The summed E-state index contributed by atoms with van der Waals surface area (Å²) in [6.45, 7) is 6.37. The van der Waals surface area contributed by atoms with Crippen molar-refractivity contribution >= 4 is 17.4 Å². The van der Waals surface area contributed by atoms with Gasteiger partial charge in [0.2, 0.25) is 0 Å². The Balaban J connectivity index is 2.07. The number of urea groups is 1. The fourth-order valence-corrected chi connectivity index (χ4v) is 3.24. The van der Waals surface area contributed by atoms with Gasteiger partial charge in [-0.25, -0.2) is 9.78 Å². The van der Waals surface area contributed by atoms with Crippen molar-refractivity contribution in [3.63, 3.8) is 0 Å². The number of benzene rings is 1. The van der Waals surface area contributed by atoms with E-state index >= 15 is 0 Å². The summed E-state index contributed by atoms with van der Waals surface area (Å²) < 4.78 is 10.7. The Kier molecular flexibility index (Phi) is 6.25. The molecule has 0 bridgehead atoms. The first-order valence-corrected chi connectivity index (χ1v) is 8.88. The minimum atomic E-state index is -0.160. The van der Waals surface area contributed by atoms with Crippen molar-refractivity contribution in [3.8, 4) is 11.5 Å². The maximum atomic E-state index is 12.5. The number of hydrogen-bond donors (Lipinski definition) is 1. The normalized spacial score (nSPS) is 11.8. The molecule has 1 N–H and O–H groups in total. The van der Waals surface area contributed by atoms with Gasteiger partial charge in [0.05, 0.1) is 37.5 Å². The summed E-state index contributed by atoms with van der Waals surface area (Å²) in [4.78, 5) is 18.5. The number of carbonyl (C=O) groups excluding carboxylic acids is 1. The van der Waals surface area contributed by atoms with Gasteiger partial charge in [0.1, 0.15) is 0 Å². The molecule has 1 unspecified atom stereocenters. The van der Waals surface area contributed by atoms with E-state index in [0.717, 1.165) is 21.8 Å². The number of aromatic nitrogens is 1. The maximum absolute atomic E-state index is 12.5. The highest BCUT2D eigenvalue weighted by Gasteiger charge is 2.18. The molecule has 1 aromatic heterocycles. The first kappa shape index (κ1) is 19.1. The van der Waals surface area contributed by atoms with Gasteiger partial charge >= 0.3 is 6.03 Å². The third-order valence-corrected chi connectivity index (χ3v) is 4.81. The van der Waals surface area contributed by atoms with Gasteiger partial charge in [-0.15, -0.1) is 11.3 Å². The molecule has 2 aromatic rings. The molecule has 0 radical (unpaired) electrons. The summed E-state index contributed by atoms with van der Waals surface area (Å²) in [7, 11) is 4.97. The Morgan fingerprint density at radius 1 is 1.28 bits per heavy atom. The molecule has 1 atom stereocenters. The molecule has 2 amide bonds.